The Hall–Kier alpha value is -2.87. The van der Waals surface area contributed by atoms with Crippen LogP contribution in [0, 0.1) is 10.6 Å². The number of aliphatic imine (C=N–C) groups is 1. The van der Waals surface area contributed by atoms with Gasteiger partial charge >= 0.3 is 0 Å². The van der Waals surface area contributed by atoms with Gasteiger partial charge in [-0.25, -0.2) is 4.99 Å². The summed E-state index contributed by atoms with van der Waals surface area (Å²) in [6, 6.07) is 12.8. The van der Waals surface area contributed by atoms with E-state index in [4.69, 9.17) is 9.41 Å². The lowest BCUT2D eigenvalue weighted by Crippen LogP contribution is -2.08. The van der Waals surface area contributed by atoms with Gasteiger partial charge in [-0.1, -0.05) is 42.5 Å². The molecule has 2 nitrogen and oxygen atoms in total. The second kappa shape index (κ2) is 3.90. The Balaban J connectivity index is 1.82. The molecule has 0 N–H and O–H groups in total. The number of allylic oxidation sites excluding steroid dienone is 2. The van der Waals surface area contributed by atoms with Gasteiger partial charge in [-0.15, -0.1) is 0 Å². The third-order valence-corrected chi connectivity index (χ3v) is 5.06. The Morgan fingerprint density at radius 3 is 2.96 bits per heavy atom. The van der Waals surface area contributed by atoms with E-state index in [9.17, 15) is 0 Å². The van der Waals surface area contributed by atoms with Crippen LogP contribution >= 0.6 is 0 Å². The van der Waals surface area contributed by atoms with Crippen molar-refractivity contribution >= 4 is 34.0 Å². The summed E-state index contributed by atoms with van der Waals surface area (Å²) in [5.74, 6) is 0. The molecule has 3 aromatic rings. The fourth-order valence-electron chi connectivity index (χ4n) is 3.97. The molecular formula is C21H13NO. The molecule has 0 fully saturated rings. The molecule has 0 bridgehead atoms. The fraction of sp³-hybridized carbons (Fsp3) is 0.0952. The van der Waals surface area contributed by atoms with Gasteiger partial charge in [0.05, 0.1) is 0 Å². The first kappa shape index (κ1) is 11.7. The predicted molar refractivity (Wildman–Crippen MR) is 92.0 cm³/mol. The van der Waals surface area contributed by atoms with Crippen LogP contribution in [-0.2, 0) is 0 Å². The van der Waals surface area contributed by atoms with E-state index >= 15 is 0 Å². The zero-order valence-electron chi connectivity index (χ0n) is 12.5. The van der Waals surface area contributed by atoms with Crippen LogP contribution in [-0.4, -0.2) is 5.71 Å². The summed E-state index contributed by atoms with van der Waals surface area (Å²) >= 11 is 0. The van der Waals surface area contributed by atoms with E-state index in [-0.39, 0.29) is 0 Å². The summed E-state index contributed by atoms with van der Waals surface area (Å²) in [4.78, 5) is 4.89. The number of nitrogens with zero attached hydrogens (tertiary/aromatic N) is 1. The van der Waals surface area contributed by atoms with Gasteiger partial charge in [-0.05, 0) is 30.2 Å². The summed E-state index contributed by atoms with van der Waals surface area (Å²) in [6.45, 7) is 0. The molecule has 23 heavy (non-hydrogen) atoms. The first-order chi connectivity index (χ1) is 11.4. The van der Waals surface area contributed by atoms with E-state index in [1.807, 2.05) is 0 Å². The Kier molecular flexibility index (Phi) is 1.98. The molecule has 2 heterocycles. The summed E-state index contributed by atoms with van der Waals surface area (Å²) in [7, 11) is 0. The van der Waals surface area contributed by atoms with Gasteiger partial charge in [0.2, 0.25) is 0 Å². The molecule has 2 heteroatoms. The minimum absolute atomic E-state index is 0.932. The number of hydrogen-bond acceptors (Lipinski definition) is 2. The zero-order valence-corrected chi connectivity index (χ0v) is 12.5. The summed E-state index contributed by atoms with van der Waals surface area (Å²) in [5.41, 5.74) is 6.60. The molecular weight excluding hydrogens is 282 g/mol. The highest BCUT2D eigenvalue weighted by Gasteiger charge is 2.22. The van der Waals surface area contributed by atoms with E-state index in [1.165, 1.54) is 37.9 Å². The van der Waals surface area contributed by atoms with Crippen LogP contribution in [0.1, 0.15) is 18.4 Å². The van der Waals surface area contributed by atoms with Gasteiger partial charge in [0, 0.05) is 32.7 Å². The zero-order chi connectivity index (χ0) is 15.0. The first-order valence-electron chi connectivity index (χ1n) is 8.05. The average molecular weight is 295 g/mol. The van der Waals surface area contributed by atoms with Crippen molar-refractivity contribution in [3.05, 3.63) is 75.2 Å². The van der Waals surface area contributed by atoms with Crippen molar-refractivity contribution < 1.29 is 4.42 Å². The topological polar surface area (TPSA) is 25.5 Å². The van der Waals surface area contributed by atoms with Crippen molar-refractivity contribution in [1.82, 2.24) is 0 Å². The maximum atomic E-state index is 6.31. The molecule has 0 amide bonds. The summed E-state index contributed by atoms with van der Waals surface area (Å²) in [6.07, 6.45) is 8.77. The molecule has 0 saturated heterocycles. The van der Waals surface area contributed by atoms with E-state index in [1.54, 1.807) is 0 Å². The van der Waals surface area contributed by atoms with Crippen molar-refractivity contribution in [3.63, 3.8) is 0 Å². The number of furan rings is 1. The maximum absolute atomic E-state index is 6.31. The predicted octanol–water partition coefficient (Wildman–Crippen LogP) is 3.45. The molecule has 1 aromatic heterocycles. The number of hydrogen-bond donors (Lipinski definition) is 0. The number of fused-ring (bicyclic) bond motifs is 7. The molecule has 0 atom stereocenters. The highest BCUT2D eigenvalue weighted by molar-refractivity contribution is 6.27. The highest BCUT2D eigenvalue weighted by Crippen LogP contribution is 2.34. The molecule has 0 spiro atoms. The molecule has 108 valence electrons. The van der Waals surface area contributed by atoms with Gasteiger partial charge in [0.15, 0.2) is 5.58 Å². The molecule has 0 radical (unpaired) electrons. The Morgan fingerprint density at radius 2 is 1.96 bits per heavy atom. The number of rotatable bonds is 0. The van der Waals surface area contributed by atoms with Crippen molar-refractivity contribution in [2.24, 2.45) is 4.99 Å². The van der Waals surface area contributed by atoms with Gasteiger partial charge in [0.25, 0.3) is 0 Å². The van der Waals surface area contributed by atoms with Gasteiger partial charge in [0.1, 0.15) is 11.1 Å². The maximum Gasteiger partial charge on any atom is 0.161 e. The van der Waals surface area contributed by atoms with E-state index < -0.39 is 0 Å². The fourth-order valence-corrected chi connectivity index (χ4v) is 3.97. The monoisotopic (exact) mass is 295 g/mol. The quantitative estimate of drug-likeness (QED) is 0.488. The third-order valence-electron chi connectivity index (χ3n) is 5.06. The van der Waals surface area contributed by atoms with Crippen LogP contribution in [0.4, 0.5) is 5.69 Å². The van der Waals surface area contributed by atoms with Crippen LogP contribution < -0.4 is 10.4 Å². The van der Waals surface area contributed by atoms with Crippen molar-refractivity contribution in [2.45, 2.75) is 12.8 Å². The average Bonchev–Trinajstić information content (AvgIpc) is 3.23. The molecule has 0 saturated carbocycles. The lowest BCUT2D eigenvalue weighted by atomic mass is 9.99. The van der Waals surface area contributed by atoms with Crippen molar-refractivity contribution in [2.75, 3.05) is 0 Å². The van der Waals surface area contributed by atoms with Crippen LogP contribution in [0.5, 0.6) is 0 Å². The minimum atomic E-state index is 0.932. The van der Waals surface area contributed by atoms with Crippen LogP contribution in [0.15, 0.2) is 58.0 Å². The minimum Gasteiger partial charge on any atom is -0.453 e. The SMILES string of the molecule is C1=CC2=c3ccc4c5c(oc4c3N=C2CC1)=c1ccccc1=C5. The standard InChI is InChI=1S/C21H13NO/c1-2-6-13-12(5-1)11-17-16-10-9-15-14-7-3-4-8-18(14)22-19(15)21(16)23-20(13)17/h1-3,5-7,9-11H,4,8H2. The van der Waals surface area contributed by atoms with Crippen LogP contribution in [0.3, 0.4) is 0 Å². The Bertz CT molecular complexity index is 1300. The third kappa shape index (κ3) is 1.36. The molecule has 1 aliphatic heterocycles. The lowest BCUT2D eigenvalue weighted by molar-refractivity contribution is 0.582. The molecule has 2 aliphatic carbocycles. The molecule has 2 aromatic carbocycles. The highest BCUT2D eigenvalue weighted by atomic mass is 16.3. The van der Waals surface area contributed by atoms with Crippen molar-refractivity contribution in [1.29, 1.82) is 0 Å². The second-order valence-corrected chi connectivity index (χ2v) is 6.33. The first-order valence-corrected chi connectivity index (χ1v) is 8.05. The van der Waals surface area contributed by atoms with E-state index in [0.717, 1.165) is 29.5 Å². The Labute approximate surface area is 132 Å². The summed E-state index contributed by atoms with van der Waals surface area (Å²) in [5, 5.41) is 4.80. The van der Waals surface area contributed by atoms with E-state index in [0.29, 0.717) is 0 Å². The van der Waals surface area contributed by atoms with Crippen LogP contribution in [0.25, 0.3) is 22.6 Å². The van der Waals surface area contributed by atoms with Gasteiger partial charge in [-0.2, -0.15) is 0 Å². The van der Waals surface area contributed by atoms with Gasteiger partial charge in [-0.3, -0.25) is 0 Å². The second-order valence-electron chi connectivity index (χ2n) is 6.33. The molecule has 3 aliphatic rings. The van der Waals surface area contributed by atoms with Gasteiger partial charge < -0.3 is 4.42 Å². The summed E-state index contributed by atoms with van der Waals surface area (Å²) < 4.78 is 6.31. The molecule has 6 rings (SSSR count). The normalized spacial score (nSPS) is 16.7. The smallest absolute Gasteiger partial charge is 0.161 e. The van der Waals surface area contributed by atoms with E-state index in [2.05, 4.69) is 54.6 Å². The molecule has 0 unspecified atom stereocenters. The Morgan fingerprint density at radius 1 is 1.00 bits per heavy atom. The lowest BCUT2D eigenvalue weighted by Gasteiger charge is -2.05. The largest absolute Gasteiger partial charge is 0.453 e. The van der Waals surface area contributed by atoms with Crippen molar-refractivity contribution in [3.8, 4) is 0 Å². The number of benzene rings is 2. The van der Waals surface area contributed by atoms with Crippen LogP contribution in [0.2, 0.25) is 0 Å².